The van der Waals surface area contributed by atoms with E-state index in [9.17, 15) is 4.79 Å². The zero-order chi connectivity index (χ0) is 18.0. The van der Waals surface area contributed by atoms with E-state index in [1.807, 2.05) is 24.3 Å². The fourth-order valence-corrected chi connectivity index (χ4v) is 3.14. The molecule has 1 aliphatic carbocycles. The van der Waals surface area contributed by atoms with Crippen molar-refractivity contribution in [1.29, 1.82) is 0 Å². The van der Waals surface area contributed by atoms with Crippen LogP contribution in [0.3, 0.4) is 0 Å². The summed E-state index contributed by atoms with van der Waals surface area (Å²) in [5, 5.41) is 7.12. The Labute approximate surface area is 149 Å². The first-order valence-corrected chi connectivity index (χ1v) is 9.12. The van der Waals surface area contributed by atoms with Crippen LogP contribution in [0, 0.1) is 11.3 Å². The van der Waals surface area contributed by atoms with Gasteiger partial charge in [-0.15, -0.1) is 0 Å². The maximum atomic E-state index is 12.4. The van der Waals surface area contributed by atoms with Crippen molar-refractivity contribution in [2.75, 3.05) is 0 Å². The summed E-state index contributed by atoms with van der Waals surface area (Å²) in [6.45, 7) is 8.80. The Hall–Kier alpha value is -2.17. The highest BCUT2D eigenvalue weighted by atomic mass is 16.5. The molecule has 0 saturated heterocycles. The van der Waals surface area contributed by atoms with E-state index in [2.05, 4.69) is 43.2 Å². The Morgan fingerprint density at radius 3 is 2.60 bits per heavy atom. The maximum absolute atomic E-state index is 12.4. The summed E-state index contributed by atoms with van der Waals surface area (Å²) >= 11 is 0. The summed E-state index contributed by atoms with van der Waals surface area (Å²) in [6.07, 6.45) is 4.05. The Balaban J connectivity index is 1.60. The van der Waals surface area contributed by atoms with Gasteiger partial charge in [0, 0.05) is 23.6 Å². The number of nitrogens with zero attached hydrogens (tertiary/aromatic N) is 2. The first-order valence-electron chi connectivity index (χ1n) is 9.12. The van der Waals surface area contributed by atoms with Crippen molar-refractivity contribution in [3.63, 3.8) is 0 Å². The van der Waals surface area contributed by atoms with E-state index in [1.165, 1.54) is 0 Å². The molecule has 25 heavy (non-hydrogen) atoms. The molecule has 5 heteroatoms. The van der Waals surface area contributed by atoms with Gasteiger partial charge in [0.05, 0.1) is 0 Å². The summed E-state index contributed by atoms with van der Waals surface area (Å²) in [5.74, 6) is 1.79. The van der Waals surface area contributed by atoms with Crippen LogP contribution in [-0.4, -0.2) is 22.1 Å². The van der Waals surface area contributed by atoms with Gasteiger partial charge in [-0.2, -0.15) is 4.98 Å². The minimum absolute atomic E-state index is 0.0162. The molecule has 1 aromatic carbocycles. The Morgan fingerprint density at radius 1 is 1.28 bits per heavy atom. The molecule has 5 nitrogen and oxygen atoms in total. The van der Waals surface area contributed by atoms with E-state index in [-0.39, 0.29) is 11.3 Å². The molecule has 1 amide bonds. The number of aryl methyl sites for hydroxylation is 1. The number of nitrogens with one attached hydrogen (secondary N) is 1. The second-order valence-corrected chi connectivity index (χ2v) is 7.98. The van der Waals surface area contributed by atoms with E-state index in [1.54, 1.807) is 0 Å². The number of carbonyl (C=O) groups excluding carboxylic acids is 1. The predicted molar refractivity (Wildman–Crippen MR) is 97.2 cm³/mol. The van der Waals surface area contributed by atoms with Crippen molar-refractivity contribution in [2.24, 2.45) is 11.3 Å². The van der Waals surface area contributed by atoms with Gasteiger partial charge in [-0.05, 0) is 48.4 Å². The predicted octanol–water partition coefficient (Wildman–Crippen LogP) is 4.24. The standard InChI is InChI=1S/C20H27N3O2/c1-5-6-7-17-22-19(25-23-17)14-10-8-13(9-11-14)18(24)21-16-12-15(16)20(2,3)4/h8-11,15-16H,5-7,12H2,1-4H3,(H,21,24)/t15-,16-/m1/s1. The first kappa shape index (κ1) is 17.6. The second kappa shape index (κ2) is 6.98. The Kier molecular flexibility index (Phi) is 4.93. The van der Waals surface area contributed by atoms with Gasteiger partial charge >= 0.3 is 0 Å². The third-order valence-corrected chi connectivity index (χ3v) is 4.84. The number of benzene rings is 1. The molecule has 0 bridgehead atoms. The van der Waals surface area contributed by atoms with Gasteiger partial charge in [-0.1, -0.05) is 39.3 Å². The zero-order valence-electron chi connectivity index (χ0n) is 15.5. The van der Waals surface area contributed by atoms with Gasteiger partial charge in [0.15, 0.2) is 5.82 Å². The molecule has 2 atom stereocenters. The summed E-state index contributed by atoms with van der Waals surface area (Å²) in [6, 6.07) is 7.65. The molecule has 1 saturated carbocycles. The SMILES string of the molecule is CCCCc1noc(-c2ccc(C(=O)N[C@@H]3C[C@H]3C(C)(C)C)cc2)n1. The molecule has 1 fully saturated rings. The molecule has 1 aliphatic rings. The average Bonchev–Trinajstić information content (AvgIpc) is 3.20. The van der Waals surface area contributed by atoms with Crippen molar-refractivity contribution in [2.45, 2.75) is 59.4 Å². The van der Waals surface area contributed by atoms with Crippen LogP contribution in [0.4, 0.5) is 0 Å². The fraction of sp³-hybridized carbons (Fsp3) is 0.550. The van der Waals surface area contributed by atoms with Crippen LogP contribution in [-0.2, 0) is 6.42 Å². The largest absolute Gasteiger partial charge is 0.349 e. The molecule has 0 spiro atoms. The zero-order valence-corrected chi connectivity index (χ0v) is 15.5. The van der Waals surface area contributed by atoms with Crippen molar-refractivity contribution in [3.05, 3.63) is 35.7 Å². The molecule has 1 heterocycles. The Morgan fingerprint density at radius 2 is 2.00 bits per heavy atom. The highest BCUT2D eigenvalue weighted by Gasteiger charge is 2.45. The summed E-state index contributed by atoms with van der Waals surface area (Å²) in [4.78, 5) is 16.8. The number of amides is 1. The third-order valence-electron chi connectivity index (χ3n) is 4.84. The van der Waals surface area contributed by atoms with Crippen LogP contribution in [0.2, 0.25) is 0 Å². The van der Waals surface area contributed by atoms with Crippen molar-refractivity contribution >= 4 is 5.91 Å². The average molecular weight is 341 g/mol. The van der Waals surface area contributed by atoms with Crippen LogP contribution in [0.1, 0.15) is 63.1 Å². The second-order valence-electron chi connectivity index (χ2n) is 7.98. The molecule has 3 rings (SSSR count). The van der Waals surface area contributed by atoms with Gasteiger partial charge in [-0.3, -0.25) is 4.79 Å². The maximum Gasteiger partial charge on any atom is 0.257 e. The quantitative estimate of drug-likeness (QED) is 0.853. The lowest BCUT2D eigenvalue weighted by atomic mass is 9.90. The topological polar surface area (TPSA) is 68.0 Å². The monoisotopic (exact) mass is 341 g/mol. The fourth-order valence-electron chi connectivity index (χ4n) is 3.14. The smallest absolute Gasteiger partial charge is 0.257 e. The number of carbonyl (C=O) groups is 1. The lowest BCUT2D eigenvalue weighted by Crippen LogP contribution is -2.29. The molecule has 1 aromatic heterocycles. The first-order chi connectivity index (χ1) is 11.9. The molecular weight excluding hydrogens is 314 g/mol. The lowest BCUT2D eigenvalue weighted by Gasteiger charge is -2.18. The van der Waals surface area contributed by atoms with Crippen LogP contribution >= 0.6 is 0 Å². The van der Waals surface area contributed by atoms with Crippen LogP contribution in [0.25, 0.3) is 11.5 Å². The number of rotatable bonds is 6. The van der Waals surface area contributed by atoms with Crippen molar-refractivity contribution in [3.8, 4) is 11.5 Å². The van der Waals surface area contributed by atoms with Gasteiger partial charge in [-0.25, -0.2) is 0 Å². The summed E-state index contributed by atoms with van der Waals surface area (Å²) in [5.41, 5.74) is 1.75. The highest BCUT2D eigenvalue weighted by Crippen LogP contribution is 2.45. The minimum atomic E-state index is -0.0162. The Bertz CT molecular complexity index is 728. The summed E-state index contributed by atoms with van der Waals surface area (Å²) in [7, 11) is 0. The van der Waals surface area contributed by atoms with Crippen molar-refractivity contribution < 1.29 is 9.32 Å². The van der Waals surface area contributed by atoms with Gasteiger partial charge in [0.2, 0.25) is 0 Å². The van der Waals surface area contributed by atoms with E-state index in [0.717, 1.165) is 37.1 Å². The molecule has 2 aromatic rings. The number of aromatic nitrogens is 2. The van der Waals surface area contributed by atoms with Crippen LogP contribution in [0.15, 0.2) is 28.8 Å². The summed E-state index contributed by atoms with van der Waals surface area (Å²) < 4.78 is 5.31. The van der Waals surface area contributed by atoms with Crippen LogP contribution < -0.4 is 5.32 Å². The van der Waals surface area contributed by atoms with Gasteiger partial charge in [0.1, 0.15) is 0 Å². The van der Waals surface area contributed by atoms with Gasteiger partial charge in [0.25, 0.3) is 11.8 Å². The molecule has 134 valence electrons. The number of hydrogen-bond donors (Lipinski definition) is 1. The molecule has 0 aliphatic heterocycles. The number of unbranched alkanes of at least 4 members (excludes halogenated alkanes) is 1. The molecular formula is C20H27N3O2. The van der Waals surface area contributed by atoms with Crippen LogP contribution in [0.5, 0.6) is 0 Å². The van der Waals surface area contributed by atoms with Gasteiger partial charge < -0.3 is 9.84 Å². The van der Waals surface area contributed by atoms with Crippen molar-refractivity contribution in [1.82, 2.24) is 15.5 Å². The van der Waals surface area contributed by atoms with E-state index in [4.69, 9.17) is 4.52 Å². The molecule has 0 radical (unpaired) electrons. The third kappa shape index (κ3) is 4.27. The number of hydrogen-bond acceptors (Lipinski definition) is 4. The lowest BCUT2D eigenvalue weighted by molar-refractivity contribution is 0.0946. The highest BCUT2D eigenvalue weighted by molar-refractivity contribution is 5.95. The van der Waals surface area contributed by atoms with E-state index >= 15 is 0 Å². The van der Waals surface area contributed by atoms with E-state index in [0.29, 0.717) is 23.4 Å². The van der Waals surface area contributed by atoms with E-state index < -0.39 is 0 Å². The molecule has 0 unspecified atom stereocenters. The molecule has 1 N–H and O–H groups in total. The normalized spacial score (nSPS) is 19.7. The minimum Gasteiger partial charge on any atom is -0.349 e.